The van der Waals surface area contributed by atoms with Gasteiger partial charge in [0.15, 0.2) is 0 Å². The summed E-state index contributed by atoms with van der Waals surface area (Å²) in [6.45, 7) is 0.947. The molecule has 1 saturated heterocycles. The summed E-state index contributed by atoms with van der Waals surface area (Å²) in [6.07, 6.45) is 1.50. The zero-order chi connectivity index (χ0) is 25.0. The van der Waals surface area contributed by atoms with Crippen LogP contribution in [0.15, 0.2) is 42.5 Å². The van der Waals surface area contributed by atoms with E-state index < -0.39 is 11.7 Å². The Morgan fingerprint density at radius 2 is 1.71 bits per heavy atom. The molecule has 2 atom stereocenters. The molecule has 1 aliphatic carbocycles. The van der Waals surface area contributed by atoms with Gasteiger partial charge in [0.05, 0.1) is 25.8 Å². The van der Waals surface area contributed by atoms with E-state index in [9.17, 15) is 18.0 Å². The molecule has 2 aromatic rings. The molecule has 1 N–H and O–H groups in total. The lowest BCUT2D eigenvalue weighted by Gasteiger charge is -2.33. The van der Waals surface area contributed by atoms with E-state index in [1.54, 1.807) is 7.11 Å². The van der Waals surface area contributed by atoms with Crippen LogP contribution in [-0.4, -0.2) is 37.6 Å². The average molecular weight is 491 g/mol. The number of hydrogen-bond acceptors (Lipinski definition) is 4. The number of carbonyl (C=O) groups is 1. The van der Waals surface area contributed by atoms with Crippen LogP contribution in [0.2, 0.25) is 0 Å². The minimum atomic E-state index is -4.43. The monoisotopic (exact) mass is 490 g/mol. The third-order valence-electron chi connectivity index (χ3n) is 7.26. The summed E-state index contributed by atoms with van der Waals surface area (Å²) in [6, 6.07) is 11.0. The van der Waals surface area contributed by atoms with E-state index in [1.165, 1.54) is 19.6 Å². The molecular formula is C27H33F3N2O3. The lowest BCUT2D eigenvalue weighted by atomic mass is 9.87. The van der Waals surface area contributed by atoms with E-state index in [1.807, 2.05) is 29.2 Å². The first-order valence-electron chi connectivity index (χ1n) is 12.2. The van der Waals surface area contributed by atoms with E-state index in [0.29, 0.717) is 18.7 Å². The number of nitrogens with one attached hydrogen (secondary N) is 1. The summed E-state index contributed by atoms with van der Waals surface area (Å²) in [4.78, 5) is 15.5. The van der Waals surface area contributed by atoms with Gasteiger partial charge in [-0.05, 0) is 37.5 Å². The Kier molecular flexibility index (Phi) is 7.89. The minimum Gasteiger partial charge on any atom is -0.496 e. The van der Waals surface area contributed by atoms with Crippen LogP contribution in [0.5, 0.6) is 11.5 Å². The summed E-state index contributed by atoms with van der Waals surface area (Å²) < 4.78 is 50.3. The normalized spacial score (nSPS) is 21.2. The lowest BCUT2D eigenvalue weighted by molar-refractivity contribution is -0.138. The van der Waals surface area contributed by atoms with Gasteiger partial charge in [0, 0.05) is 36.2 Å². The van der Waals surface area contributed by atoms with Gasteiger partial charge in [-0.15, -0.1) is 0 Å². The largest absolute Gasteiger partial charge is 0.496 e. The van der Waals surface area contributed by atoms with Crippen LogP contribution < -0.4 is 14.8 Å². The van der Waals surface area contributed by atoms with Crippen molar-refractivity contribution in [3.63, 3.8) is 0 Å². The zero-order valence-corrected chi connectivity index (χ0v) is 20.2. The van der Waals surface area contributed by atoms with Crippen molar-refractivity contribution in [2.45, 2.75) is 63.3 Å². The van der Waals surface area contributed by atoms with Crippen molar-refractivity contribution < 1.29 is 27.4 Å². The molecular weight excluding hydrogens is 457 g/mol. The molecule has 35 heavy (non-hydrogen) atoms. The Labute approximate surface area is 204 Å². The number of hydrogen-bond donors (Lipinski definition) is 1. The summed E-state index contributed by atoms with van der Waals surface area (Å²) in [5.41, 5.74) is 0.833. The third-order valence-corrected chi connectivity index (χ3v) is 7.26. The molecule has 2 aliphatic rings. The molecule has 0 bridgehead atoms. The number of halogens is 3. The molecule has 8 heteroatoms. The third kappa shape index (κ3) is 5.58. The highest BCUT2D eigenvalue weighted by Gasteiger charge is 2.41. The second-order valence-electron chi connectivity index (χ2n) is 9.35. The van der Waals surface area contributed by atoms with Crippen molar-refractivity contribution in [3.05, 3.63) is 59.2 Å². The maximum Gasteiger partial charge on any atom is 0.416 e. The number of methoxy groups -OCH3 is 2. The van der Waals surface area contributed by atoms with Crippen molar-refractivity contribution in [3.8, 4) is 11.5 Å². The molecule has 190 valence electrons. The molecule has 0 aromatic heterocycles. The van der Waals surface area contributed by atoms with Crippen LogP contribution >= 0.6 is 0 Å². The fourth-order valence-corrected chi connectivity index (χ4v) is 5.44. The highest BCUT2D eigenvalue weighted by atomic mass is 19.4. The molecule has 1 saturated carbocycles. The molecule has 2 unspecified atom stereocenters. The summed E-state index contributed by atoms with van der Waals surface area (Å²) in [5.74, 6) is 1.15. The highest BCUT2D eigenvalue weighted by molar-refractivity contribution is 5.80. The predicted octanol–water partition coefficient (Wildman–Crippen LogP) is 5.73. The molecule has 4 rings (SSSR count). The van der Waals surface area contributed by atoms with Gasteiger partial charge in [0.25, 0.3) is 0 Å². The molecule has 5 nitrogen and oxygen atoms in total. The zero-order valence-electron chi connectivity index (χ0n) is 20.2. The smallest absolute Gasteiger partial charge is 0.416 e. The Balaban J connectivity index is 1.58. The minimum absolute atomic E-state index is 0.0507. The van der Waals surface area contributed by atoms with E-state index in [0.717, 1.165) is 55.5 Å². The van der Waals surface area contributed by atoms with E-state index in [2.05, 4.69) is 5.32 Å². The Hall–Kier alpha value is -2.74. The first-order chi connectivity index (χ1) is 16.8. The topological polar surface area (TPSA) is 50.8 Å². The number of carbonyl (C=O) groups excluding carboxylic acids is 1. The van der Waals surface area contributed by atoms with Crippen molar-refractivity contribution in [2.75, 3.05) is 20.8 Å². The molecule has 1 amide bonds. The second kappa shape index (κ2) is 10.9. The van der Waals surface area contributed by atoms with Gasteiger partial charge in [-0.3, -0.25) is 4.79 Å². The first kappa shape index (κ1) is 25.4. The fourth-order valence-electron chi connectivity index (χ4n) is 5.44. The molecule has 1 heterocycles. The quantitative estimate of drug-likeness (QED) is 0.538. The van der Waals surface area contributed by atoms with Crippen molar-refractivity contribution in [1.29, 1.82) is 0 Å². The molecule has 1 aliphatic heterocycles. The molecule has 2 fully saturated rings. The van der Waals surface area contributed by atoms with Gasteiger partial charge in [0.2, 0.25) is 5.91 Å². The number of likely N-dealkylation sites (tertiary alicyclic amines) is 1. The Morgan fingerprint density at radius 3 is 2.40 bits per heavy atom. The van der Waals surface area contributed by atoms with Crippen molar-refractivity contribution in [2.24, 2.45) is 5.92 Å². The number of amides is 1. The number of para-hydroxylation sites is 1. The predicted molar refractivity (Wildman–Crippen MR) is 127 cm³/mol. The SMILES string of the molecule is COc1cc(C(F)(F)F)ccc1CNC1CCN(C(=O)C2CCCCC2)C1c1ccccc1OC. The standard InChI is InChI=1S/C27H33F3N2O3/c1-34-23-11-7-6-10-21(23)25-22(14-15-32(25)26(33)18-8-4-3-5-9-18)31-17-19-12-13-20(27(28,29)30)16-24(19)35-2/h6-7,10-13,16,18,22,25,31H,3-5,8-9,14-15,17H2,1-2H3. The summed E-state index contributed by atoms with van der Waals surface area (Å²) in [7, 11) is 2.99. The van der Waals surface area contributed by atoms with Gasteiger partial charge in [-0.1, -0.05) is 43.5 Å². The fraction of sp³-hybridized carbons (Fsp3) is 0.519. The van der Waals surface area contributed by atoms with E-state index >= 15 is 0 Å². The van der Waals surface area contributed by atoms with Gasteiger partial charge >= 0.3 is 6.18 Å². The van der Waals surface area contributed by atoms with Gasteiger partial charge < -0.3 is 19.7 Å². The second-order valence-corrected chi connectivity index (χ2v) is 9.35. The van der Waals surface area contributed by atoms with Crippen LogP contribution in [0.4, 0.5) is 13.2 Å². The number of rotatable bonds is 7. The Bertz CT molecular complexity index is 1020. The van der Waals surface area contributed by atoms with Crippen molar-refractivity contribution >= 4 is 5.91 Å². The number of benzene rings is 2. The summed E-state index contributed by atoms with van der Waals surface area (Å²) in [5, 5.41) is 3.51. The van der Waals surface area contributed by atoms with E-state index in [-0.39, 0.29) is 29.7 Å². The Morgan fingerprint density at radius 1 is 1.00 bits per heavy atom. The van der Waals surface area contributed by atoms with E-state index in [4.69, 9.17) is 9.47 Å². The molecule has 0 spiro atoms. The highest BCUT2D eigenvalue weighted by Crippen LogP contribution is 2.40. The van der Waals surface area contributed by atoms with Crippen LogP contribution in [0.3, 0.4) is 0 Å². The summed E-state index contributed by atoms with van der Waals surface area (Å²) >= 11 is 0. The molecule has 2 aromatic carbocycles. The van der Waals surface area contributed by atoms with Gasteiger partial charge in [0.1, 0.15) is 11.5 Å². The van der Waals surface area contributed by atoms with Crippen LogP contribution in [0.25, 0.3) is 0 Å². The number of alkyl halides is 3. The van der Waals surface area contributed by atoms with Crippen molar-refractivity contribution in [1.82, 2.24) is 10.2 Å². The number of nitrogens with zero attached hydrogens (tertiary/aromatic N) is 1. The van der Waals surface area contributed by atoms with Gasteiger partial charge in [-0.25, -0.2) is 0 Å². The first-order valence-corrected chi connectivity index (χ1v) is 12.2. The maximum atomic E-state index is 13.6. The average Bonchev–Trinajstić information content (AvgIpc) is 3.30. The molecule has 0 radical (unpaired) electrons. The lowest BCUT2D eigenvalue weighted by Crippen LogP contribution is -2.41. The number of ether oxygens (including phenoxy) is 2. The maximum absolute atomic E-state index is 13.6. The van der Waals surface area contributed by atoms with Crippen LogP contribution in [0, 0.1) is 5.92 Å². The van der Waals surface area contributed by atoms with Crippen LogP contribution in [0.1, 0.15) is 61.3 Å². The van der Waals surface area contributed by atoms with Crippen LogP contribution in [-0.2, 0) is 17.5 Å². The van der Waals surface area contributed by atoms with Gasteiger partial charge in [-0.2, -0.15) is 13.2 Å².